The molecule has 3 aromatic rings. The van der Waals surface area contributed by atoms with Gasteiger partial charge in [0.05, 0.1) is 13.2 Å². The Morgan fingerprint density at radius 3 is 2.44 bits per heavy atom. The number of ether oxygens (including phenoxy) is 2. The number of anilines is 2. The Bertz CT molecular complexity index is 1240. The predicted octanol–water partition coefficient (Wildman–Crippen LogP) is 5.63. The van der Waals surface area contributed by atoms with Gasteiger partial charge in [0, 0.05) is 49.0 Å². The van der Waals surface area contributed by atoms with E-state index in [2.05, 4.69) is 22.1 Å². The molecule has 0 aliphatic carbocycles. The highest BCUT2D eigenvalue weighted by Crippen LogP contribution is 2.34. The van der Waals surface area contributed by atoms with Crippen LogP contribution in [0.4, 0.5) is 11.5 Å². The molecule has 2 aromatic carbocycles. The Labute approximate surface area is 220 Å². The van der Waals surface area contributed by atoms with Crippen LogP contribution in [0.3, 0.4) is 0 Å². The van der Waals surface area contributed by atoms with Gasteiger partial charge in [-0.3, -0.25) is 4.79 Å². The van der Waals surface area contributed by atoms with Gasteiger partial charge in [-0.2, -0.15) is 0 Å². The number of halogens is 1. The summed E-state index contributed by atoms with van der Waals surface area (Å²) in [6.07, 6.45) is 1.61. The van der Waals surface area contributed by atoms with Crippen LogP contribution in [0.15, 0.2) is 53.7 Å². The number of carbonyl (C=O) groups excluding carboxylic acids is 1. The summed E-state index contributed by atoms with van der Waals surface area (Å²) in [4.78, 5) is 24.0. The second kappa shape index (κ2) is 10.8. The van der Waals surface area contributed by atoms with Gasteiger partial charge in [0.15, 0.2) is 10.9 Å². The highest BCUT2D eigenvalue weighted by molar-refractivity contribution is 7.98. The van der Waals surface area contributed by atoms with E-state index in [0.717, 1.165) is 48.6 Å². The number of hydrogen-bond acceptors (Lipinski definition) is 7. The molecule has 0 atom stereocenters. The van der Waals surface area contributed by atoms with Gasteiger partial charge in [0.1, 0.15) is 11.0 Å². The number of piperidine rings is 1. The van der Waals surface area contributed by atoms with E-state index in [4.69, 9.17) is 26.1 Å². The van der Waals surface area contributed by atoms with E-state index in [1.54, 1.807) is 0 Å². The van der Waals surface area contributed by atoms with E-state index in [1.165, 1.54) is 17.3 Å². The fraction of sp³-hybridized carbons (Fsp3) is 0.370. The van der Waals surface area contributed by atoms with Gasteiger partial charge in [-0.05, 0) is 54.8 Å². The Balaban J connectivity index is 1.18. The van der Waals surface area contributed by atoms with E-state index in [1.807, 2.05) is 55.5 Å². The van der Waals surface area contributed by atoms with Gasteiger partial charge in [-0.15, -0.1) is 0 Å². The molecule has 0 radical (unpaired) electrons. The highest BCUT2D eigenvalue weighted by atomic mass is 35.5. The maximum Gasteiger partial charge on any atom is 0.255 e. The van der Waals surface area contributed by atoms with Crippen LogP contribution in [0.2, 0.25) is 5.15 Å². The lowest BCUT2D eigenvalue weighted by atomic mass is 10.0. The van der Waals surface area contributed by atoms with Crippen molar-refractivity contribution in [3.05, 3.63) is 75.9 Å². The summed E-state index contributed by atoms with van der Waals surface area (Å²) in [6, 6.07) is 15.3. The van der Waals surface area contributed by atoms with Crippen molar-refractivity contribution in [1.29, 1.82) is 0 Å². The number of nitrogens with one attached hydrogen (secondary N) is 1. The smallest absolute Gasteiger partial charge is 0.255 e. The topological polar surface area (TPSA) is 76.6 Å². The molecule has 0 unspecified atom stereocenters. The molecule has 2 aliphatic rings. The Morgan fingerprint density at radius 1 is 1.03 bits per heavy atom. The van der Waals surface area contributed by atoms with Gasteiger partial charge < -0.3 is 19.7 Å². The highest BCUT2D eigenvalue weighted by Gasteiger charge is 2.40. The standard InChI is InChI=1S/C27H29ClN4O3S/c1-18-3-8-22(15-19(18)2)29-25(33)21-6-4-20(5-7-21)17-36-26-30-23(28)16-24(31-26)32-11-9-27(10-12-32)34-13-14-35-27/h3-8,15-16H,9-14,17H2,1-2H3,(H,29,33). The van der Waals surface area contributed by atoms with E-state index < -0.39 is 5.79 Å². The first-order valence-corrected chi connectivity index (χ1v) is 13.4. The average Bonchev–Trinajstić information content (AvgIpc) is 3.33. The second-order valence-corrected chi connectivity index (χ2v) is 10.5. The average molecular weight is 525 g/mol. The van der Waals surface area contributed by atoms with Crippen molar-refractivity contribution in [3.63, 3.8) is 0 Å². The summed E-state index contributed by atoms with van der Waals surface area (Å²) >= 11 is 7.85. The minimum absolute atomic E-state index is 0.128. The summed E-state index contributed by atoms with van der Waals surface area (Å²) in [7, 11) is 0. The lowest BCUT2D eigenvalue weighted by molar-refractivity contribution is -0.169. The molecule has 1 N–H and O–H groups in total. The van der Waals surface area contributed by atoms with E-state index in [-0.39, 0.29) is 5.91 Å². The lowest BCUT2D eigenvalue weighted by Gasteiger charge is -2.38. The third kappa shape index (κ3) is 5.83. The first kappa shape index (κ1) is 25.0. The Kier molecular flexibility index (Phi) is 7.48. The molecule has 3 heterocycles. The van der Waals surface area contributed by atoms with E-state index >= 15 is 0 Å². The first-order valence-electron chi connectivity index (χ1n) is 12.1. The monoisotopic (exact) mass is 524 g/mol. The zero-order valence-electron chi connectivity index (χ0n) is 20.4. The molecule has 0 saturated carbocycles. The molecule has 188 valence electrons. The van der Waals surface area contributed by atoms with Crippen LogP contribution in [-0.4, -0.2) is 48.0 Å². The van der Waals surface area contributed by atoms with Crippen LogP contribution in [0.25, 0.3) is 0 Å². The van der Waals surface area contributed by atoms with Crippen molar-refractivity contribution >= 4 is 40.8 Å². The molecular weight excluding hydrogens is 496 g/mol. The number of rotatable bonds is 6. The maximum absolute atomic E-state index is 12.6. The van der Waals surface area contributed by atoms with Gasteiger partial charge in [0.25, 0.3) is 5.91 Å². The molecule has 9 heteroatoms. The molecule has 36 heavy (non-hydrogen) atoms. The number of amides is 1. The number of nitrogens with zero attached hydrogens (tertiary/aromatic N) is 3. The van der Waals surface area contributed by atoms with Crippen molar-refractivity contribution in [2.75, 3.05) is 36.5 Å². The van der Waals surface area contributed by atoms with Crippen molar-refractivity contribution in [1.82, 2.24) is 9.97 Å². The second-order valence-electron chi connectivity index (χ2n) is 9.16. The molecule has 7 nitrogen and oxygen atoms in total. The van der Waals surface area contributed by atoms with E-state index in [0.29, 0.717) is 34.8 Å². The molecule has 1 aromatic heterocycles. The van der Waals surface area contributed by atoms with Crippen LogP contribution < -0.4 is 10.2 Å². The van der Waals surface area contributed by atoms with Crippen LogP contribution in [0, 0.1) is 13.8 Å². The third-order valence-corrected chi connectivity index (χ3v) is 7.78. The van der Waals surface area contributed by atoms with Gasteiger partial charge in [-0.1, -0.05) is 41.6 Å². The summed E-state index contributed by atoms with van der Waals surface area (Å²) in [5, 5.41) is 4.02. The summed E-state index contributed by atoms with van der Waals surface area (Å²) in [5.41, 5.74) is 4.82. The summed E-state index contributed by atoms with van der Waals surface area (Å²) in [6.45, 7) is 7.01. The van der Waals surface area contributed by atoms with Crippen LogP contribution in [-0.2, 0) is 15.2 Å². The molecule has 2 saturated heterocycles. The molecule has 1 amide bonds. The zero-order chi connectivity index (χ0) is 25.1. The predicted molar refractivity (Wildman–Crippen MR) is 143 cm³/mol. The van der Waals surface area contributed by atoms with Gasteiger partial charge in [-0.25, -0.2) is 9.97 Å². The first-order chi connectivity index (χ1) is 17.4. The normalized spacial score (nSPS) is 16.9. The quantitative estimate of drug-likeness (QED) is 0.254. The van der Waals surface area contributed by atoms with Crippen molar-refractivity contribution in [3.8, 4) is 0 Å². The molecular formula is C27H29ClN4O3S. The fourth-order valence-corrected chi connectivity index (χ4v) is 5.43. The maximum atomic E-state index is 12.6. The van der Waals surface area contributed by atoms with Gasteiger partial charge in [0.2, 0.25) is 0 Å². The molecule has 0 bridgehead atoms. The van der Waals surface area contributed by atoms with Crippen molar-refractivity contribution in [2.45, 2.75) is 43.4 Å². The van der Waals surface area contributed by atoms with Crippen LogP contribution >= 0.6 is 23.4 Å². The number of carbonyl (C=O) groups is 1. The zero-order valence-corrected chi connectivity index (χ0v) is 22.0. The SMILES string of the molecule is Cc1ccc(NC(=O)c2ccc(CSc3nc(Cl)cc(N4CCC5(CC4)OCCO5)n3)cc2)cc1C. The number of hydrogen-bond donors (Lipinski definition) is 1. The van der Waals surface area contributed by atoms with Crippen LogP contribution in [0.5, 0.6) is 0 Å². The van der Waals surface area contributed by atoms with Crippen molar-refractivity contribution in [2.24, 2.45) is 0 Å². The molecule has 2 fully saturated rings. The van der Waals surface area contributed by atoms with Crippen molar-refractivity contribution < 1.29 is 14.3 Å². The number of thioether (sulfide) groups is 1. The minimum atomic E-state index is -0.424. The minimum Gasteiger partial charge on any atom is -0.356 e. The molecule has 5 rings (SSSR count). The summed E-state index contributed by atoms with van der Waals surface area (Å²) < 4.78 is 11.7. The molecule has 2 aliphatic heterocycles. The Hall–Kier alpha value is -2.65. The largest absolute Gasteiger partial charge is 0.356 e. The number of benzene rings is 2. The lowest BCUT2D eigenvalue weighted by Crippen LogP contribution is -2.45. The Morgan fingerprint density at radius 2 is 1.75 bits per heavy atom. The number of aryl methyl sites for hydroxylation is 2. The fourth-order valence-electron chi connectivity index (χ4n) is 4.40. The molecule has 1 spiro atoms. The third-order valence-electron chi connectivity index (χ3n) is 6.67. The van der Waals surface area contributed by atoms with Crippen LogP contribution in [0.1, 0.15) is 39.9 Å². The number of aromatic nitrogens is 2. The summed E-state index contributed by atoms with van der Waals surface area (Å²) in [5.74, 6) is 0.942. The van der Waals surface area contributed by atoms with Gasteiger partial charge >= 0.3 is 0 Å². The van der Waals surface area contributed by atoms with E-state index in [9.17, 15) is 4.79 Å².